The molecular formula is C10H12ClFN2O2S. The molecule has 0 aliphatic carbocycles. The molecular weight excluding hydrogens is 267 g/mol. The van der Waals surface area contributed by atoms with Gasteiger partial charge in [-0.05, 0) is 36.0 Å². The molecule has 0 heterocycles. The van der Waals surface area contributed by atoms with E-state index in [0.717, 1.165) is 0 Å². The van der Waals surface area contributed by atoms with Crippen LogP contribution < -0.4 is 11.1 Å². The van der Waals surface area contributed by atoms with E-state index in [1.807, 2.05) is 0 Å². The van der Waals surface area contributed by atoms with Gasteiger partial charge < -0.3 is 15.8 Å². The second-order valence-corrected chi connectivity index (χ2v) is 3.45. The van der Waals surface area contributed by atoms with Gasteiger partial charge in [0.2, 0.25) is 0 Å². The highest BCUT2D eigenvalue weighted by Crippen LogP contribution is 2.12. The number of nitrogens with two attached hydrogens (primary N) is 1. The van der Waals surface area contributed by atoms with E-state index in [1.165, 1.54) is 25.3 Å². The summed E-state index contributed by atoms with van der Waals surface area (Å²) in [6.07, 6.45) is 0. The molecule has 0 bridgehead atoms. The van der Waals surface area contributed by atoms with Gasteiger partial charge in [0.15, 0.2) is 5.11 Å². The fourth-order valence-electron chi connectivity index (χ4n) is 1.20. The first-order valence-electron chi connectivity index (χ1n) is 4.44. The van der Waals surface area contributed by atoms with Gasteiger partial charge in [0.1, 0.15) is 5.82 Å². The summed E-state index contributed by atoms with van der Waals surface area (Å²) >= 11 is 4.62. The summed E-state index contributed by atoms with van der Waals surface area (Å²) in [7, 11) is 1.26. The van der Waals surface area contributed by atoms with Crippen LogP contribution in [0, 0.1) is 5.82 Å². The van der Waals surface area contributed by atoms with E-state index in [2.05, 4.69) is 22.3 Å². The Morgan fingerprint density at radius 3 is 2.76 bits per heavy atom. The van der Waals surface area contributed by atoms with Crippen molar-refractivity contribution in [3.8, 4) is 0 Å². The molecule has 0 fully saturated rings. The lowest BCUT2D eigenvalue weighted by atomic mass is 10.1. The first-order chi connectivity index (χ1) is 7.54. The van der Waals surface area contributed by atoms with Gasteiger partial charge in [-0.15, -0.1) is 12.4 Å². The predicted molar refractivity (Wildman–Crippen MR) is 68.6 cm³/mol. The minimum atomic E-state index is -0.528. The van der Waals surface area contributed by atoms with Crippen LogP contribution in [0.1, 0.15) is 15.9 Å². The number of nitrogens with one attached hydrogen (secondary N) is 1. The Kier molecular flexibility index (Phi) is 6.45. The van der Waals surface area contributed by atoms with E-state index in [0.29, 0.717) is 5.56 Å². The minimum Gasteiger partial charge on any atom is -0.465 e. The number of esters is 1. The van der Waals surface area contributed by atoms with Crippen LogP contribution in [-0.2, 0) is 11.3 Å². The molecule has 0 atom stereocenters. The standard InChI is InChI=1S/C10H11FN2O2S.ClH/c1-15-9(14)8-3-2-7(11)4-6(8)5-13-10(12)16;/h2-4H,5H2,1H3,(H3,12,13,16);1H. The van der Waals surface area contributed by atoms with E-state index in [9.17, 15) is 9.18 Å². The Labute approximate surface area is 110 Å². The molecule has 0 aliphatic rings. The third-order valence-electron chi connectivity index (χ3n) is 1.93. The number of carbonyl (C=O) groups excluding carboxylic acids is 1. The maximum absolute atomic E-state index is 13.0. The molecule has 1 aromatic carbocycles. The molecule has 0 spiro atoms. The van der Waals surface area contributed by atoms with Crippen molar-refractivity contribution in [2.45, 2.75) is 6.54 Å². The smallest absolute Gasteiger partial charge is 0.338 e. The molecule has 0 radical (unpaired) electrons. The Morgan fingerprint density at radius 2 is 2.24 bits per heavy atom. The Bertz CT molecular complexity index is 429. The zero-order valence-electron chi connectivity index (χ0n) is 9.03. The average Bonchev–Trinajstić information content (AvgIpc) is 2.25. The van der Waals surface area contributed by atoms with Crippen molar-refractivity contribution in [3.63, 3.8) is 0 Å². The van der Waals surface area contributed by atoms with Crippen LogP contribution in [0.4, 0.5) is 4.39 Å². The fourth-order valence-corrected chi connectivity index (χ4v) is 1.27. The number of carbonyl (C=O) groups is 1. The monoisotopic (exact) mass is 278 g/mol. The molecule has 0 saturated carbocycles. The van der Waals surface area contributed by atoms with Gasteiger partial charge >= 0.3 is 5.97 Å². The van der Waals surface area contributed by atoms with E-state index < -0.39 is 11.8 Å². The zero-order chi connectivity index (χ0) is 12.1. The molecule has 0 aromatic heterocycles. The summed E-state index contributed by atoms with van der Waals surface area (Å²) in [6.45, 7) is 0.178. The van der Waals surface area contributed by atoms with Crippen molar-refractivity contribution in [2.75, 3.05) is 7.11 Å². The molecule has 4 nitrogen and oxygen atoms in total. The van der Waals surface area contributed by atoms with Gasteiger partial charge in [0.05, 0.1) is 12.7 Å². The van der Waals surface area contributed by atoms with Crippen LogP contribution in [0.5, 0.6) is 0 Å². The lowest BCUT2D eigenvalue weighted by Gasteiger charge is -2.09. The lowest BCUT2D eigenvalue weighted by Crippen LogP contribution is -2.29. The van der Waals surface area contributed by atoms with Crippen LogP contribution in [0.3, 0.4) is 0 Å². The summed E-state index contributed by atoms with van der Waals surface area (Å²) in [5, 5.41) is 2.73. The highest BCUT2D eigenvalue weighted by atomic mass is 35.5. The van der Waals surface area contributed by atoms with Crippen molar-refractivity contribution in [1.29, 1.82) is 0 Å². The summed E-state index contributed by atoms with van der Waals surface area (Å²) in [5.41, 5.74) is 5.98. The second kappa shape index (κ2) is 7.03. The minimum absolute atomic E-state index is 0. The highest BCUT2D eigenvalue weighted by molar-refractivity contribution is 7.80. The van der Waals surface area contributed by atoms with Crippen molar-refractivity contribution in [1.82, 2.24) is 5.32 Å². The molecule has 1 rings (SSSR count). The largest absolute Gasteiger partial charge is 0.465 e. The summed E-state index contributed by atoms with van der Waals surface area (Å²) in [4.78, 5) is 11.4. The summed E-state index contributed by atoms with van der Waals surface area (Å²) in [5.74, 6) is -0.966. The molecule has 3 N–H and O–H groups in total. The number of thiocarbonyl (C=S) groups is 1. The van der Waals surface area contributed by atoms with Gasteiger partial charge in [0, 0.05) is 6.54 Å². The number of rotatable bonds is 3. The lowest BCUT2D eigenvalue weighted by molar-refractivity contribution is 0.0599. The SMILES string of the molecule is COC(=O)c1ccc(F)cc1CNC(N)=S.Cl. The molecule has 0 aliphatic heterocycles. The maximum Gasteiger partial charge on any atom is 0.338 e. The zero-order valence-corrected chi connectivity index (χ0v) is 10.7. The number of methoxy groups -OCH3 is 1. The third-order valence-corrected chi connectivity index (χ3v) is 2.07. The number of benzene rings is 1. The molecule has 7 heteroatoms. The predicted octanol–water partition coefficient (Wildman–Crippen LogP) is 1.37. The van der Waals surface area contributed by atoms with Crippen molar-refractivity contribution in [2.24, 2.45) is 5.73 Å². The highest BCUT2D eigenvalue weighted by Gasteiger charge is 2.12. The van der Waals surface area contributed by atoms with Crippen LogP contribution in [-0.4, -0.2) is 18.2 Å². The van der Waals surface area contributed by atoms with Crippen molar-refractivity contribution >= 4 is 35.7 Å². The Balaban J connectivity index is 0.00000256. The van der Waals surface area contributed by atoms with E-state index in [-0.39, 0.29) is 29.6 Å². The first kappa shape index (κ1) is 15.6. The van der Waals surface area contributed by atoms with Crippen LogP contribution in [0.15, 0.2) is 18.2 Å². The molecule has 0 unspecified atom stereocenters. The first-order valence-corrected chi connectivity index (χ1v) is 4.85. The summed E-state index contributed by atoms with van der Waals surface area (Å²) < 4.78 is 17.6. The van der Waals surface area contributed by atoms with Crippen LogP contribution in [0.2, 0.25) is 0 Å². The van der Waals surface area contributed by atoms with Crippen molar-refractivity contribution in [3.05, 3.63) is 35.1 Å². The van der Waals surface area contributed by atoms with Crippen LogP contribution in [0.25, 0.3) is 0 Å². The molecule has 0 amide bonds. The van der Waals surface area contributed by atoms with Gasteiger partial charge in [-0.3, -0.25) is 0 Å². The fraction of sp³-hybridized carbons (Fsp3) is 0.200. The van der Waals surface area contributed by atoms with Gasteiger partial charge in [-0.2, -0.15) is 0 Å². The quantitative estimate of drug-likeness (QED) is 0.646. The normalized spacial score (nSPS) is 9.06. The van der Waals surface area contributed by atoms with Gasteiger partial charge in [0.25, 0.3) is 0 Å². The molecule has 94 valence electrons. The topological polar surface area (TPSA) is 64.3 Å². The number of halogens is 2. The van der Waals surface area contributed by atoms with Crippen molar-refractivity contribution < 1.29 is 13.9 Å². The number of hydrogen-bond acceptors (Lipinski definition) is 3. The maximum atomic E-state index is 13.0. The molecule has 17 heavy (non-hydrogen) atoms. The van der Waals surface area contributed by atoms with E-state index >= 15 is 0 Å². The average molecular weight is 279 g/mol. The van der Waals surface area contributed by atoms with Gasteiger partial charge in [-0.25, -0.2) is 9.18 Å². The van der Waals surface area contributed by atoms with E-state index in [1.54, 1.807) is 0 Å². The second-order valence-electron chi connectivity index (χ2n) is 3.01. The summed E-state index contributed by atoms with van der Waals surface area (Å²) in [6, 6.07) is 3.78. The Morgan fingerprint density at radius 1 is 1.59 bits per heavy atom. The van der Waals surface area contributed by atoms with E-state index in [4.69, 9.17) is 5.73 Å². The molecule has 0 saturated heterocycles. The molecule has 1 aromatic rings. The third kappa shape index (κ3) is 4.54. The number of hydrogen-bond donors (Lipinski definition) is 2. The van der Waals surface area contributed by atoms with Crippen LogP contribution >= 0.6 is 24.6 Å². The van der Waals surface area contributed by atoms with Gasteiger partial charge in [-0.1, -0.05) is 0 Å². The Hall–Kier alpha value is -1.40. The number of ether oxygens (including phenoxy) is 1.